The number of hydrogen-bond acceptors (Lipinski definition) is 6. The highest BCUT2D eigenvalue weighted by atomic mass is 16.6. The Morgan fingerprint density at radius 3 is 3.00 bits per heavy atom. The summed E-state index contributed by atoms with van der Waals surface area (Å²) in [6, 6.07) is 7.33. The molecule has 112 valence electrons. The van der Waals surface area contributed by atoms with Crippen LogP contribution in [0.3, 0.4) is 0 Å². The van der Waals surface area contributed by atoms with Crippen molar-refractivity contribution in [2.45, 2.75) is 32.8 Å². The van der Waals surface area contributed by atoms with Crippen LogP contribution in [0.15, 0.2) is 28.8 Å². The Hall–Kier alpha value is -2.37. The average molecular weight is 290 g/mol. The second-order valence-corrected chi connectivity index (χ2v) is 4.51. The molecule has 6 heteroatoms. The summed E-state index contributed by atoms with van der Waals surface area (Å²) in [5, 5.41) is 3.87. The van der Waals surface area contributed by atoms with E-state index in [-0.39, 0.29) is 18.5 Å². The molecule has 21 heavy (non-hydrogen) atoms. The lowest BCUT2D eigenvalue weighted by atomic mass is 10.2. The summed E-state index contributed by atoms with van der Waals surface area (Å²) in [4.78, 5) is 15.6. The fourth-order valence-electron chi connectivity index (χ4n) is 1.73. The van der Waals surface area contributed by atoms with E-state index in [1.54, 1.807) is 7.11 Å². The van der Waals surface area contributed by atoms with Crippen molar-refractivity contribution < 1.29 is 18.8 Å². The zero-order valence-corrected chi connectivity index (χ0v) is 12.2. The SMILES string of the molecule is CCCCC(=O)OCc1nc(-c2cccc(OC)c2)no1. The summed E-state index contributed by atoms with van der Waals surface area (Å²) in [7, 11) is 1.59. The highest BCUT2D eigenvalue weighted by Gasteiger charge is 2.11. The van der Waals surface area contributed by atoms with E-state index in [9.17, 15) is 4.79 Å². The summed E-state index contributed by atoms with van der Waals surface area (Å²) >= 11 is 0. The Morgan fingerprint density at radius 2 is 2.24 bits per heavy atom. The van der Waals surface area contributed by atoms with E-state index in [0.717, 1.165) is 18.4 Å². The normalized spacial score (nSPS) is 10.4. The second-order valence-electron chi connectivity index (χ2n) is 4.51. The number of carbonyl (C=O) groups excluding carboxylic acids is 1. The minimum Gasteiger partial charge on any atom is -0.497 e. The van der Waals surface area contributed by atoms with Gasteiger partial charge in [-0.2, -0.15) is 4.98 Å². The van der Waals surface area contributed by atoms with Crippen LogP contribution in [0.4, 0.5) is 0 Å². The molecule has 0 N–H and O–H groups in total. The van der Waals surface area contributed by atoms with Gasteiger partial charge in [0.05, 0.1) is 7.11 Å². The maximum Gasteiger partial charge on any atom is 0.306 e. The van der Waals surface area contributed by atoms with Crippen LogP contribution in [0.5, 0.6) is 5.75 Å². The Morgan fingerprint density at radius 1 is 1.38 bits per heavy atom. The molecule has 2 rings (SSSR count). The van der Waals surface area contributed by atoms with Crippen molar-refractivity contribution >= 4 is 5.97 Å². The molecular formula is C15H18N2O4. The molecule has 6 nitrogen and oxygen atoms in total. The van der Waals surface area contributed by atoms with Crippen molar-refractivity contribution in [1.82, 2.24) is 10.1 Å². The maximum absolute atomic E-state index is 11.4. The minimum absolute atomic E-state index is 0.000480. The van der Waals surface area contributed by atoms with Gasteiger partial charge in [-0.25, -0.2) is 0 Å². The number of rotatable bonds is 7. The van der Waals surface area contributed by atoms with Crippen LogP contribution in [0, 0.1) is 0 Å². The van der Waals surface area contributed by atoms with E-state index in [4.69, 9.17) is 14.0 Å². The highest BCUT2D eigenvalue weighted by molar-refractivity contribution is 5.69. The first kappa shape index (κ1) is 15.0. The molecule has 1 aromatic carbocycles. The van der Waals surface area contributed by atoms with Crippen molar-refractivity contribution in [3.63, 3.8) is 0 Å². The van der Waals surface area contributed by atoms with Crippen LogP contribution >= 0.6 is 0 Å². The van der Waals surface area contributed by atoms with Gasteiger partial charge in [0.15, 0.2) is 6.61 Å². The lowest BCUT2D eigenvalue weighted by Crippen LogP contribution is -2.04. The molecule has 0 fully saturated rings. The van der Waals surface area contributed by atoms with Gasteiger partial charge in [-0.15, -0.1) is 0 Å². The van der Waals surface area contributed by atoms with E-state index in [1.165, 1.54) is 0 Å². The van der Waals surface area contributed by atoms with Gasteiger partial charge in [-0.05, 0) is 18.6 Å². The van der Waals surface area contributed by atoms with Crippen LogP contribution in [-0.2, 0) is 16.1 Å². The maximum atomic E-state index is 11.4. The van der Waals surface area contributed by atoms with Gasteiger partial charge in [-0.3, -0.25) is 4.79 Å². The van der Waals surface area contributed by atoms with Crippen LogP contribution in [-0.4, -0.2) is 23.2 Å². The lowest BCUT2D eigenvalue weighted by Gasteiger charge is -2.00. The van der Waals surface area contributed by atoms with Gasteiger partial charge in [0.1, 0.15) is 5.75 Å². The van der Waals surface area contributed by atoms with Gasteiger partial charge < -0.3 is 14.0 Å². The number of hydrogen-bond donors (Lipinski definition) is 0. The monoisotopic (exact) mass is 290 g/mol. The van der Waals surface area contributed by atoms with Gasteiger partial charge in [0.25, 0.3) is 5.89 Å². The molecule has 0 amide bonds. The molecule has 0 bridgehead atoms. The van der Waals surface area contributed by atoms with Crippen molar-refractivity contribution in [2.24, 2.45) is 0 Å². The first-order chi connectivity index (χ1) is 10.2. The number of unbranched alkanes of at least 4 members (excludes halogenated alkanes) is 1. The van der Waals surface area contributed by atoms with E-state index >= 15 is 0 Å². The third-order valence-corrected chi connectivity index (χ3v) is 2.89. The summed E-state index contributed by atoms with van der Waals surface area (Å²) in [6.45, 7) is 2.02. The van der Waals surface area contributed by atoms with Crippen LogP contribution < -0.4 is 4.74 Å². The fraction of sp³-hybridized carbons (Fsp3) is 0.400. The number of esters is 1. The third-order valence-electron chi connectivity index (χ3n) is 2.89. The number of carbonyl (C=O) groups is 1. The Bertz CT molecular complexity index is 595. The largest absolute Gasteiger partial charge is 0.497 e. The van der Waals surface area contributed by atoms with Gasteiger partial charge in [0.2, 0.25) is 5.82 Å². The zero-order valence-electron chi connectivity index (χ0n) is 12.2. The number of nitrogens with zero attached hydrogens (tertiary/aromatic N) is 2. The van der Waals surface area contributed by atoms with Crippen molar-refractivity contribution in [1.29, 1.82) is 0 Å². The first-order valence-electron chi connectivity index (χ1n) is 6.85. The predicted octanol–water partition coefficient (Wildman–Crippen LogP) is 2.98. The Labute approximate surface area is 123 Å². The smallest absolute Gasteiger partial charge is 0.306 e. The van der Waals surface area contributed by atoms with E-state index in [2.05, 4.69) is 10.1 Å². The molecule has 1 heterocycles. The van der Waals surface area contributed by atoms with E-state index in [0.29, 0.717) is 18.0 Å². The Kier molecular flexibility index (Phi) is 5.31. The molecule has 0 aliphatic heterocycles. The summed E-state index contributed by atoms with van der Waals surface area (Å²) < 4.78 is 15.3. The molecule has 0 aliphatic carbocycles. The molecule has 0 aliphatic rings. The molecule has 0 atom stereocenters. The van der Waals surface area contributed by atoms with Crippen LogP contribution in [0.25, 0.3) is 11.4 Å². The second kappa shape index (κ2) is 7.42. The molecule has 0 saturated carbocycles. The van der Waals surface area contributed by atoms with E-state index < -0.39 is 0 Å². The standard InChI is InChI=1S/C15H18N2O4/c1-3-4-8-14(18)20-10-13-16-15(17-21-13)11-6-5-7-12(9-11)19-2/h5-7,9H,3-4,8,10H2,1-2H3. The van der Waals surface area contributed by atoms with Gasteiger partial charge >= 0.3 is 5.97 Å². The van der Waals surface area contributed by atoms with Crippen molar-refractivity contribution in [3.05, 3.63) is 30.2 Å². The topological polar surface area (TPSA) is 74.5 Å². The highest BCUT2D eigenvalue weighted by Crippen LogP contribution is 2.21. The van der Waals surface area contributed by atoms with Gasteiger partial charge in [-0.1, -0.05) is 30.6 Å². The first-order valence-corrected chi connectivity index (χ1v) is 6.85. The number of aromatic nitrogens is 2. The summed E-state index contributed by atoms with van der Waals surface area (Å²) in [6.07, 6.45) is 2.18. The summed E-state index contributed by atoms with van der Waals surface area (Å²) in [5.41, 5.74) is 0.779. The lowest BCUT2D eigenvalue weighted by molar-refractivity contribution is -0.145. The summed E-state index contributed by atoms with van der Waals surface area (Å²) in [5.74, 6) is 1.17. The van der Waals surface area contributed by atoms with Crippen LogP contribution in [0.1, 0.15) is 32.1 Å². The Balaban J connectivity index is 1.96. The quantitative estimate of drug-likeness (QED) is 0.730. The molecular weight excluding hydrogens is 272 g/mol. The zero-order chi connectivity index (χ0) is 15.1. The molecule has 0 radical (unpaired) electrons. The van der Waals surface area contributed by atoms with Crippen molar-refractivity contribution in [3.8, 4) is 17.1 Å². The average Bonchev–Trinajstić information content (AvgIpc) is 3.00. The number of benzene rings is 1. The third kappa shape index (κ3) is 4.30. The molecule has 0 spiro atoms. The minimum atomic E-state index is -0.252. The van der Waals surface area contributed by atoms with Crippen molar-refractivity contribution in [2.75, 3.05) is 7.11 Å². The number of ether oxygens (including phenoxy) is 2. The fourth-order valence-corrected chi connectivity index (χ4v) is 1.73. The molecule has 0 unspecified atom stereocenters. The predicted molar refractivity (Wildman–Crippen MR) is 75.6 cm³/mol. The molecule has 2 aromatic rings. The van der Waals surface area contributed by atoms with Crippen LogP contribution in [0.2, 0.25) is 0 Å². The molecule has 1 aromatic heterocycles. The number of methoxy groups -OCH3 is 1. The molecule has 0 saturated heterocycles. The van der Waals surface area contributed by atoms with E-state index in [1.807, 2.05) is 31.2 Å². The van der Waals surface area contributed by atoms with Gasteiger partial charge in [0, 0.05) is 12.0 Å².